The molecule has 0 saturated heterocycles. The summed E-state index contributed by atoms with van der Waals surface area (Å²) in [5.41, 5.74) is 3.92. The lowest BCUT2D eigenvalue weighted by molar-refractivity contribution is -0.131. The molecule has 7 heteroatoms. The molecule has 1 fully saturated rings. The van der Waals surface area contributed by atoms with Gasteiger partial charge in [-0.2, -0.15) is 0 Å². The van der Waals surface area contributed by atoms with Gasteiger partial charge < -0.3 is 9.88 Å². The van der Waals surface area contributed by atoms with Crippen LogP contribution in [-0.4, -0.2) is 32.6 Å². The third-order valence-corrected chi connectivity index (χ3v) is 9.12. The summed E-state index contributed by atoms with van der Waals surface area (Å²) >= 11 is 3.24. The first kappa shape index (κ1) is 20.5. The molecule has 3 aromatic rings. The van der Waals surface area contributed by atoms with E-state index in [2.05, 4.69) is 34.1 Å². The van der Waals surface area contributed by atoms with E-state index in [1.165, 1.54) is 28.0 Å². The van der Waals surface area contributed by atoms with Crippen molar-refractivity contribution >= 4 is 39.2 Å². The topological polar surface area (TPSA) is 66.1 Å². The molecule has 166 valence electrons. The van der Waals surface area contributed by atoms with Crippen LogP contribution in [0.25, 0.3) is 10.2 Å². The first-order valence-electron chi connectivity index (χ1n) is 11.7. The van der Waals surface area contributed by atoms with Crippen molar-refractivity contribution in [3.8, 4) is 0 Å². The lowest BCUT2D eigenvalue weighted by Gasteiger charge is -2.30. The van der Waals surface area contributed by atoms with E-state index in [1.807, 2.05) is 0 Å². The van der Waals surface area contributed by atoms with E-state index in [0.717, 1.165) is 55.2 Å². The highest BCUT2D eigenvalue weighted by Gasteiger charge is 2.40. The second-order valence-corrected chi connectivity index (χ2v) is 11.3. The van der Waals surface area contributed by atoms with Crippen LogP contribution in [0.2, 0.25) is 0 Å². The van der Waals surface area contributed by atoms with Crippen LogP contribution in [0.5, 0.6) is 0 Å². The Morgan fingerprint density at radius 2 is 2.00 bits per heavy atom. The van der Waals surface area contributed by atoms with Crippen LogP contribution in [0, 0.1) is 0 Å². The van der Waals surface area contributed by atoms with Crippen LogP contribution >= 0.6 is 23.1 Å². The summed E-state index contributed by atoms with van der Waals surface area (Å²) in [4.78, 5) is 38.1. The van der Waals surface area contributed by atoms with E-state index in [-0.39, 0.29) is 17.5 Å². The number of rotatable bonds is 6. The summed E-state index contributed by atoms with van der Waals surface area (Å²) < 4.78 is 0. The Bertz CT molecular complexity index is 1240. The SMILES string of the molecule is O=C(CSCc1nc2sc3c(c2c(=O)[nH]1)CCCC3)N(C1CC1)C1CCc2ccccc21. The molecule has 32 heavy (non-hydrogen) atoms. The summed E-state index contributed by atoms with van der Waals surface area (Å²) in [6, 6.07) is 9.18. The number of thiophene rings is 1. The second-order valence-electron chi connectivity index (χ2n) is 9.18. The Hall–Kier alpha value is -2.12. The van der Waals surface area contributed by atoms with Crippen LogP contribution in [0.15, 0.2) is 29.1 Å². The van der Waals surface area contributed by atoms with Gasteiger partial charge in [-0.15, -0.1) is 23.1 Å². The highest BCUT2D eigenvalue weighted by atomic mass is 32.2. The number of nitrogens with one attached hydrogen (secondary N) is 1. The molecule has 1 amide bonds. The smallest absolute Gasteiger partial charge is 0.259 e. The Morgan fingerprint density at radius 3 is 2.88 bits per heavy atom. The predicted molar refractivity (Wildman–Crippen MR) is 130 cm³/mol. The number of aryl methyl sites for hydroxylation is 3. The van der Waals surface area contributed by atoms with Crippen LogP contribution in [0.4, 0.5) is 0 Å². The molecule has 2 aromatic heterocycles. The number of carbonyl (C=O) groups excluding carboxylic acids is 1. The third kappa shape index (κ3) is 3.69. The number of H-pyrrole nitrogens is 1. The number of fused-ring (bicyclic) bond motifs is 4. The van der Waals surface area contributed by atoms with Crippen molar-refractivity contribution in [3.63, 3.8) is 0 Å². The molecule has 0 spiro atoms. The van der Waals surface area contributed by atoms with Crippen LogP contribution in [0.1, 0.15) is 65.5 Å². The van der Waals surface area contributed by atoms with Gasteiger partial charge in [0.2, 0.25) is 5.91 Å². The molecule has 3 aliphatic rings. The molecule has 6 rings (SSSR count). The summed E-state index contributed by atoms with van der Waals surface area (Å²) in [6.45, 7) is 0. The van der Waals surface area contributed by atoms with Crippen LogP contribution < -0.4 is 5.56 Å². The van der Waals surface area contributed by atoms with Gasteiger partial charge in [0.05, 0.1) is 22.9 Å². The highest BCUT2D eigenvalue weighted by molar-refractivity contribution is 7.99. The molecule has 1 N–H and O–H groups in total. The molecule has 1 atom stereocenters. The normalized spacial score (nSPS) is 19.7. The van der Waals surface area contributed by atoms with Crippen molar-refractivity contribution in [2.45, 2.75) is 69.2 Å². The first-order chi connectivity index (χ1) is 15.7. The van der Waals surface area contributed by atoms with E-state index in [1.54, 1.807) is 23.1 Å². The van der Waals surface area contributed by atoms with Crippen molar-refractivity contribution < 1.29 is 4.79 Å². The Kier molecular flexibility index (Phi) is 5.34. The molecule has 0 aliphatic heterocycles. The van der Waals surface area contributed by atoms with E-state index in [0.29, 0.717) is 23.4 Å². The third-order valence-electron chi connectivity index (χ3n) is 7.00. The number of hydrogen-bond donors (Lipinski definition) is 1. The zero-order valence-electron chi connectivity index (χ0n) is 18.1. The van der Waals surface area contributed by atoms with E-state index in [9.17, 15) is 9.59 Å². The van der Waals surface area contributed by atoms with Gasteiger partial charge in [-0.05, 0) is 68.1 Å². The Labute approximate surface area is 195 Å². The number of thioether (sulfide) groups is 1. The van der Waals surface area contributed by atoms with Gasteiger partial charge in [0.1, 0.15) is 10.7 Å². The molecule has 1 saturated carbocycles. The minimum Gasteiger partial charge on any atom is -0.332 e. The van der Waals surface area contributed by atoms with Crippen molar-refractivity contribution in [3.05, 3.63) is 62.0 Å². The van der Waals surface area contributed by atoms with E-state index in [4.69, 9.17) is 4.98 Å². The van der Waals surface area contributed by atoms with Gasteiger partial charge in [-0.25, -0.2) is 4.98 Å². The van der Waals surface area contributed by atoms with E-state index >= 15 is 0 Å². The van der Waals surface area contributed by atoms with Crippen LogP contribution in [0.3, 0.4) is 0 Å². The molecular formula is C25H27N3O2S2. The van der Waals surface area contributed by atoms with Gasteiger partial charge in [-0.3, -0.25) is 9.59 Å². The van der Waals surface area contributed by atoms with Crippen molar-refractivity contribution in [2.24, 2.45) is 0 Å². The molecular weight excluding hydrogens is 438 g/mol. The van der Waals surface area contributed by atoms with Gasteiger partial charge in [0.25, 0.3) is 5.56 Å². The zero-order valence-corrected chi connectivity index (χ0v) is 19.7. The number of aromatic nitrogens is 2. The summed E-state index contributed by atoms with van der Waals surface area (Å²) in [5, 5.41) is 0.800. The molecule has 5 nitrogen and oxygen atoms in total. The number of hydrogen-bond acceptors (Lipinski definition) is 5. The zero-order chi connectivity index (χ0) is 21.7. The van der Waals surface area contributed by atoms with Gasteiger partial charge >= 0.3 is 0 Å². The lowest BCUT2D eigenvalue weighted by atomic mass is 9.97. The molecule has 0 bridgehead atoms. The second kappa shape index (κ2) is 8.34. The monoisotopic (exact) mass is 465 g/mol. The average Bonchev–Trinajstić information content (AvgIpc) is 3.42. The quantitative estimate of drug-likeness (QED) is 0.569. The minimum atomic E-state index is -0.0153. The maximum atomic E-state index is 13.2. The maximum absolute atomic E-state index is 13.2. The van der Waals surface area contributed by atoms with Crippen molar-refractivity contribution in [2.75, 3.05) is 5.75 Å². The van der Waals surface area contributed by atoms with Gasteiger partial charge in [0, 0.05) is 10.9 Å². The van der Waals surface area contributed by atoms with Crippen molar-refractivity contribution in [1.82, 2.24) is 14.9 Å². The Morgan fingerprint density at radius 1 is 1.16 bits per heavy atom. The lowest BCUT2D eigenvalue weighted by Crippen LogP contribution is -2.37. The summed E-state index contributed by atoms with van der Waals surface area (Å²) in [5.74, 6) is 1.88. The first-order valence-corrected chi connectivity index (χ1v) is 13.7. The minimum absolute atomic E-state index is 0.0153. The predicted octanol–water partition coefficient (Wildman–Crippen LogP) is 4.78. The number of benzene rings is 1. The molecule has 3 aliphatic carbocycles. The molecule has 0 radical (unpaired) electrons. The fourth-order valence-electron chi connectivity index (χ4n) is 5.39. The van der Waals surface area contributed by atoms with E-state index < -0.39 is 0 Å². The standard InChI is InChI=1S/C25H27N3O2S2/c29-22(28(16-10-11-16)19-12-9-15-5-1-2-6-17(15)19)14-31-13-21-26-24(30)23-18-7-3-4-8-20(18)32-25(23)27-21/h1-2,5-6,16,19H,3-4,7-14H2,(H,26,27,30). The fraction of sp³-hybridized carbons (Fsp3) is 0.480. The highest BCUT2D eigenvalue weighted by Crippen LogP contribution is 2.42. The molecule has 2 heterocycles. The van der Waals surface area contributed by atoms with Gasteiger partial charge in [-0.1, -0.05) is 24.3 Å². The van der Waals surface area contributed by atoms with Crippen molar-refractivity contribution in [1.29, 1.82) is 0 Å². The number of amides is 1. The maximum Gasteiger partial charge on any atom is 0.259 e. The molecule has 1 unspecified atom stereocenters. The van der Waals surface area contributed by atoms with Crippen LogP contribution in [-0.2, 0) is 29.8 Å². The number of nitrogens with zero attached hydrogens (tertiary/aromatic N) is 2. The Balaban J connectivity index is 1.15. The summed E-state index contributed by atoms with van der Waals surface area (Å²) in [6.07, 6.45) is 8.72. The summed E-state index contributed by atoms with van der Waals surface area (Å²) in [7, 11) is 0. The number of aromatic amines is 1. The number of carbonyl (C=O) groups is 1. The van der Waals surface area contributed by atoms with Gasteiger partial charge in [0.15, 0.2) is 0 Å². The largest absolute Gasteiger partial charge is 0.332 e. The average molecular weight is 466 g/mol. The fourth-order valence-corrected chi connectivity index (χ4v) is 7.43. The molecule has 1 aromatic carbocycles.